The topological polar surface area (TPSA) is 78.9 Å². The molecule has 1 unspecified atom stereocenters. The van der Waals surface area contributed by atoms with E-state index in [-0.39, 0.29) is 37.5 Å². The van der Waals surface area contributed by atoms with Gasteiger partial charge in [0, 0.05) is 19.3 Å². The van der Waals surface area contributed by atoms with Crippen molar-refractivity contribution in [3.63, 3.8) is 0 Å². The zero-order valence-electron chi connectivity index (χ0n) is 47.6. The molecule has 0 rings (SSSR count). The summed E-state index contributed by atoms with van der Waals surface area (Å²) in [5.74, 6) is -0.973. The van der Waals surface area contributed by atoms with E-state index >= 15 is 0 Å². The number of carbonyl (C=O) groups excluding carboxylic acids is 3. The monoisotopic (exact) mass is 1010 g/mol. The van der Waals surface area contributed by atoms with Crippen LogP contribution in [0.2, 0.25) is 0 Å². The lowest BCUT2D eigenvalue weighted by Crippen LogP contribution is -2.30. The summed E-state index contributed by atoms with van der Waals surface area (Å²) in [4.78, 5) is 38.2. The lowest BCUT2D eigenvalue weighted by atomic mass is 10.1. The van der Waals surface area contributed by atoms with Crippen molar-refractivity contribution in [2.75, 3.05) is 13.2 Å². The Hall–Kier alpha value is -3.93. The summed E-state index contributed by atoms with van der Waals surface area (Å²) < 4.78 is 16.8. The first-order chi connectivity index (χ1) is 36.0. The first-order valence-electron chi connectivity index (χ1n) is 30.4. The molecule has 6 heteroatoms. The minimum absolute atomic E-state index is 0.103. The van der Waals surface area contributed by atoms with Gasteiger partial charge < -0.3 is 14.2 Å². The quantitative estimate of drug-likeness (QED) is 0.0261. The highest BCUT2D eigenvalue weighted by atomic mass is 16.6. The van der Waals surface area contributed by atoms with Crippen molar-refractivity contribution in [1.82, 2.24) is 0 Å². The van der Waals surface area contributed by atoms with Crippen molar-refractivity contribution in [1.29, 1.82) is 0 Å². The zero-order chi connectivity index (χ0) is 52.9. The van der Waals surface area contributed by atoms with Crippen LogP contribution in [-0.4, -0.2) is 37.2 Å². The second kappa shape index (κ2) is 60.6. The highest BCUT2D eigenvalue weighted by Crippen LogP contribution is 2.14. The molecular formula is C67H112O6. The Bertz CT molecular complexity index is 1490. The van der Waals surface area contributed by atoms with Gasteiger partial charge in [0.05, 0.1) is 0 Å². The molecule has 0 amide bonds. The van der Waals surface area contributed by atoms with Crippen LogP contribution in [0, 0.1) is 0 Å². The van der Waals surface area contributed by atoms with E-state index in [1.54, 1.807) is 0 Å². The molecule has 0 aliphatic rings. The van der Waals surface area contributed by atoms with Gasteiger partial charge in [-0.15, -0.1) is 0 Å². The summed E-state index contributed by atoms with van der Waals surface area (Å²) in [5.41, 5.74) is 0. The van der Waals surface area contributed by atoms with E-state index in [0.717, 1.165) is 103 Å². The predicted molar refractivity (Wildman–Crippen MR) is 316 cm³/mol. The van der Waals surface area contributed by atoms with E-state index < -0.39 is 6.10 Å². The Morgan fingerprint density at radius 2 is 0.548 bits per heavy atom. The lowest BCUT2D eigenvalue weighted by molar-refractivity contribution is -0.167. The molecule has 0 aromatic carbocycles. The lowest BCUT2D eigenvalue weighted by Gasteiger charge is -2.18. The van der Waals surface area contributed by atoms with Crippen molar-refractivity contribution >= 4 is 17.9 Å². The molecule has 0 fully saturated rings. The molecule has 0 aromatic heterocycles. The molecule has 0 aliphatic carbocycles. The Labute approximate surface area is 450 Å². The molecule has 0 saturated heterocycles. The van der Waals surface area contributed by atoms with Crippen molar-refractivity contribution < 1.29 is 28.6 Å². The third-order valence-corrected chi connectivity index (χ3v) is 12.7. The fourth-order valence-electron chi connectivity index (χ4n) is 8.19. The third-order valence-electron chi connectivity index (χ3n) is 12.7. The maximum absolute atomic E-state index is 12.9. The summed E-state index contributed by atoms with van der Waals surface area (Å²) in [6.45, 7) is 6.47. The van der Waals surface area contributed by atoms with E-state index in [0.29, 0.717) is 19.3 Å². The molecule has 0 bridgehead atoms. The average molecular weight is 1010 g/mol. The number of rotatable bonds is 54. The van der Waals surface area contributed by atoms with E-state index in [1.165, 1.54) is 128 Å². The van der Waals surface area contributed by atoms with Crippen molar-refractivity contribution in [2.45, 2.75) is 284 Å². The van der Waals surface area contributed by atoms with Gasteiger partial charge in [-0.05, 0) is 122 Å². The second-order valence-corrected chi connectivity index (χ2v) is 19.9. The number of hydrogen-bond acceptors (Lipinski definition) is 6. The molecule has 73 heavy (non-hydrogen) atoms. The number of ether oxygens (including phenoxy) is 3. The Morgan fingerprint density at radius 1 is 0.288 bits per heavy atom. The van der Waals surface area contributed by atoms with Crippen LogP contribution >= 0.6 is 0 Å². The molecule has 0 heterocycles. The van der Waals surface area contributed by atoms with Gasteiger partial charge in [-0.1, -0.05) is 246 Å². The minimum atomic E-state index is -0.810. The summed E-state index contributed by atoms with van der Waals surface area (Å²) in [5, 5.41) is 0. The number of allylic oxidation sites excluding steroid dienone is 18. The van der Waals surface area contributed by atoms with Gasteiger partial charge in [-0.3, -0.25) is 14.4 Å². The molecule has 0 N–H and O–H groups in total. The predicted octanol–water partition coefficient (Wildman–Crippen LogP) is 20.7. The molecule has 0 spiro atoms. The minimum Gasteiger partial charge on any atom is -0.462 e. The molecule has 416 valence electrons. The van der Waals surface area contributed by atoms with Gasteiger partial charge in [0.2, 0.25) is 0 Å². The fourth-order valence-corrected chi connectivity index (χ4v) is 8.19. The molecule has 0 saturated carbocycles. The van der Waals surface area contributed by atoms with Crippen LogP contribution in [0.1, 0.15) is 278 Å². The average Bonchev–Trinajstić information content (AvgIpc) is 3.39. The first kappa shape index (κ1) is 69.1. The maximum Gasteiger partial charge on any atom is 0.306 e. The summed E-state index contributed by atoms with van der Waals surface area (Å²) in [7, 11) is 0. The standard InChI is InChI=1S/C67H112O6/c1-4-7-10-13-16-19-22-25-28-30-31-32-33-34-35-37-39-42-45-48-51-54-57-60-66(69)72-63-64(62-71-65(68)59-56-53-50-47-44-41-38-27-24-21-18-15-12-9-6-3)73-67(70)61-58-55-52-49-46-43-40-36-29-26-23-20-17-14-11-8-5-2/h7,10,16,19,25-29,31-32,34-35,38-39,42,48,51,64H,4-6,8-9,11-15,17-18,20-24,30,33,36-37,40-41,43-47,49-50,52-63H2,1-3H3/b10-7-,19-16-,28-25-,29-26-,32-31-,35-34-,38-27-,42-39-,51-48-. The third kappa shape index (κ3) is 58.8. The molecule has 0 radical (unpaired) electrons. The van der Waals surface area contributed by atoms with E-state index in [9.17, 15) is 14.4 Å². The van der Waals surface area contributed by atoms with Crippen LogP contribution in [0.25, 0.3) is 0 Å². The second-order valence-electron chi connectivity index (χ2n) is 19.9. The SMILES string of the molecule is CC/C=C\C/C=C\C/C=C\C/C=C\C/C=C\C/C=C\C/C=C\CCCC(=O)OCC(COC(=O)CCCCCCC/C=C\CCCCCCCC)OC(=O)CCCCCCCCC/C=C\CCCCCCCC. The zero-order valence-corrected chi connectivity index (χ0v) is 47.6. The highest BCUT2D eigenvalue weighted by molar-refractivity contribution is 5.71. The van der Waals surface area contributed by atoms with Crippen LogP contribution < -0.4 is 0 Å². The number of esters is 3. The number of hydrogen-bond donors (Lipinski definition) is 0. The molecule has 1 atom stereocenters. The van der Waals surface area contributed by atoms with Crippen LogP contribution in [0.3, 0.4) is 0 Å². The Kier molecular flexibility index (Phi) is 57.4. The summed E-state index contributed by atoms with van der Waals surface area (Å²) in [6, 6.07) is 0. The maximum atomic E-state index is 12.9. The molecule has 0 aliphatic heterocycles. The Balaban J connectivity index is 4.49. The molecular weight excluding hydrogens is 901 g/mol. The Morgan fingerprint density at radius 3 is 0.904 bits per heavy atom. The van der Waals surface area contributed by atoms with Gasteiger partial charge in [-0.2, -0.15) is 0 Å². The molecule has 6 nitrogen and oxygen atoms in total. The van der Waals surface area contributed by atoms with Gasteiger partial charge in [0.1, 0.15) is 13.2 Å². The smallest absolute Gasteiger partial charge is 0.306 e. The first-order valence-corrected chi connectivity index (χ1v) is 30.4. The largest absolute Gasteiger partial charge is 0.462 e. The van der Waals surface area contributed by atoms with Crippen molar-refractivity contribution in [3.8, 4) is 0 Å². The van der Waals surface area contributed by atoms with E-state index in [4.69, 9.17) is 14.2 Å². The normalized spacial score (nSPS) is 12.9. The van der Waals surface area contributed by atoms with Gasteiger partial charge in [0.15, 0.2) is 6.10 Å². The van der Waals surface area contributed by atoms with Crippen molar-refractivity contribution in [3.05, 3.63) is 109 Å². The van der Waals surface area contributed by atoms with Gasteiger partial charge in [0.25, 0.3) is 0 Å². The summed E-state index contributed by atoms with van der Waals surface area (Å²) >= 11 is 0. The van der Waals surface area contributed by atoms with Gasteiger partial charge in [-0.25, -0.2) is 0 Å². The van der Waals surface area contributed by atoms with Crippen molar-refractivity contribution in [2.24, 2.45) is 0 Å². The van der Waals surface area contributed by atoms with E-state index in [2.05, 4.69) is 130 Å². The van der Waals surface area contributed by atoms with Crippen LogP contribution in [0.5, 0.6) is 0 Å². The van der Waals surface area contributed by atoms with Crippen LogP contribution in [0.15, 0.2) is 109 Å². The van der Waals surface area contributed by atoms with Gasteiger partial charge >= 0.3 is 17.9 Å². The molecule has 0 aromatic rings. The number of carbonyl (C=O) groups is 3. The highest BCUT2D eigenvalue weighted by Gasteiger charge is 2.19. The van der Waals surface area contributed by atoms with E-state index in [1.807, 2.05) is 0 Å². The summed E-state index contributed by atoms with van der Waals surface area (Å²) in [6.07, 6.45) is 82.3. The number of unbranched alkanes of at least 4 members (excludes halogenated alkanes) is 25. The van der Waals surface area contributed by atoms with Crippen LogP contribution in [0.4, 0.5) is 0 Å². The van der Waals surface area contributed by atoms with Crippen LogP contribution in [-0.2, 0) is 28.6 Å². The fraction of sp³-hybridized carbons (Fsp3) is 0.687.